The van der Waals surface area contributed by atoms with Crippen LogP contribution in [0.1, 0.15) is 0 Å². The zero-order chi connectivity index (χ0) is 39.6. The Morgan fingerprint density at radius 2 is 0.917 bits per heavy atom. The van der Waals surface area contributed by atoms with Gasteiger partial charge >= 0.3 is 0 Å². The predicted octanol–water partition coefficient (Wildman–Crippen LogP) is 14.8. The van der Waals surface area contributed by atoms with Crippen molar-refractivity contribution in [1.82, 2.24) is 19.5 Å². The smallest absolute Gasteiger partial charge is 0.164 e. The van der Waals surface area contributed by atoms with Crippen LogP contribution in [0.25, 0.3) is 115 Å². The van der Waals surface area contributed by atoms with Crippen molar-refractivity contribution in [2.75, 3.05) is 0 Å². The van der Waals surface area contributed by atoms with Crippen LogP contribution in [0, 0.1) is 0 Å². The summed E-state index contributed by atoms with van der Waals surface area (Å²) < 4.78 is 4.92. The molecule has 0 aliphatic carbocycles. The minimum atomic E-state index is 0.622. The molecule has 4 nitrogen and oxygen atoms in total. The van der Waals surface area contributed by atoms with Gasteiger partial charge in [-0.05, 0) is 81.6 Å². The second-order valence-corrected chi connectivity index (χ2v) is 16.3. The van der Waals surface area contributed by atoms with Crippen molar-refractivity contribution < 1.29 is 0 Å². The van der Waals surface area contributed by atoms with Gasteiger partial charge in [-0.25, -0.2) is 15.0 Å². The normalized spacial score (nSPS) is 11.7. The molecule has 0 radical (unpaired) electrons. The van der Waals surface area contributed by atoms with Gasteiger partial charge in [0, 0.05) is 53.3 Å². The molecule has 9 aromatic carbocycles. The van der Waals surface area contributed by atoms with Crippen molar-refractivity contribution in [1.29, 1.82) is 0 Å². The lowest BCUT2D eigenvalue weighted by Crippen LogP contribution is -2.02. The third kappa shape index (κ3) is 5.70. The number of aromatic nitrogens is 4. The zero-order valence-corrected chi connectivity index (χ0v) is 33.1. The summed E-state index contributed by atoms with van der Waals surface area (Å²) in [7, 11) is 0. The minimum Gasteiger partial charge on any atom is -0.309 e. The second kappa shape index (κ2) is 14.0. The molecule has 0 fully saturated rings. The van der Waals surface area contributed by atoms with E-state index in [2.05, 4.69) is 187 Å². The first-order valence-electron chi connectivity index (χ1n) is 20.2. The van der Waals surface area contributed by atoms with Gasteiger partial charge < -0.3 is 4.57 Å². The highest BCUT2D eigenvalue weighted by Crippen LogP contribution is 2.44. The van der Waals surface area contributed by atoms with Crippen molar-refractivity contribution in [3.05, 3.63) is 206 Å². The Labute approximate surface area is 350 Å². The molecule has 0 atom stereocenters. The average Bonchev–Trinajstić information content (AvgIpc) is 3.86. The van der Waals surface area contributed by atoms with Gasteiger partial charge in [-0.15, -0.1) is 11.3 Å². The maximum absolute atomic E-state index is 5.32. The summed E-state index contributed by atoms with van der Waals surface area (Å²) in [5, 5.41) is 7.38. The van der Waals surface area contributed by atoms with Gasteiger partial charge in [0.25, 0.3) is 0 Å². The summed E-state index contributed by atoms with van der Waals surface area (Å²) in [4.78, 5) is 15.7. The Morgan fingerprint density at radius 1 is 0.333 bits per heavy atom. The van der Waals surface area contributed by atoms with E-state index < -0.39 is 0 Å². The van der Waals surface area contributed by atoms with Crippen molar-refractivity contribution in [3.63, 3.8) is 0 Å². The first kappa shape index (κ1) is 34.3. The third-order valence-electron chi connectivity index (χ3n) is 11.7. The molecule has 5 heteroatoms. The average molecular weight is 783 g/mol. The molecule has 280 valence electrons. The van der Waals surface area contributed by atoms with Crippen LogP contribution in [0.4, 0.5) is 0 Å². The van der Waals surface area contributed by atoms with Crippen LogP contribution in [-0.2, 0) is 0 Å². The molecule has 12 rings (SSSR count). The molecule has 60 heavy (non-hydrogen) atoms. The first-order chi connectivity index (χ1) is 29.7. The van der Waals surface area contributed by atoms with E-state index in [4.69, 9.17) is 15.0 Å². The molecule has 0 aliphatic heterocycles. The van der Waals surface area contributed by atoms with E-state index in [0.29, 0.717) is 17.5 Å². The molecule has 0 saturated heterocycles. The van der Waals surface area contributed by atoms with Crippen LogP contribution in [-0.4, -0.2) is 19.5 Å². The maximum Gasteiger partial charge on any atom is 0.164 e. The molecule has 0 N–H and O–H groups in total. The first-order valence-corrected chi connectivity index (χ1v) is 21.0. The molecule has 0 bridgehead atoms. The van der Waals surface area contributed by atoms with Crippen LogP contribution in [0.2, 0.25) is 0 Å². The summed E-state index contributed by atoms with van der Waals surface area (Å²) >= 11 is 1.83. The maximum atomic E-state index is 5.32. The van der Waals surface area contributed by atoms with Crippen molar-refractivity contribution in [2.45, 2.75) is 0 Å². The summed E-state index contributed by atoms with van der Waals surface area (Å²) in [6.07, 6.45) is 0. The van der Waals surface area contributed by atoms with Crippen LogP contribution < -0.4 is 0 Å². The topological polar surface area (TPSA) is 43.6 Å². The summed E-state index contributed by atoms with van der Waals surface area (Å²) in [5.74, 6) is 1.88. The van der Waals surface area contributed by atoms with Gasteiger partial charge in [-0.3, -0.25) is 0 Å². The van der Waals surface area contributed by atoms with E-state index in [0.717, 1.165) is 44.6 Å². The molecule has 0 amide bonds. The van der Waals surface area contributed by atoms with Crippen molar-refractivity contribution in [2.24, 2.45) is 0 Å². The van der Waals surface area contributed by atoms with E-state index in [1.165, 1.54) is 52.8 Å². The number of rotatable bonds is 6. The number of thiophene rings is 1. The fraction of sp³-hybridized carbons (Fsp3) is 0. The van der Waals surface area contributed by atoms with Gasteiger partial charge in [0.05, 0.1) is 11.0 Å². The quantitative estimate of drug-likeness (QED) is 0.169. The standard InChI is InChI=1S/C55H34N4S/c1-3-14-35(15-4-1)36-26-28-38(29-27-36)54-56-53(37-16-5-2-6-17-37)57-55(58-54)44-31-30-41(34-46(44)43-22-13-25-51-52(43)45-21-10-12-24-50(45)60-51)59-48-23-11-9-20-42(48)47-32-39-18-7-8-19-40(39)33-49(47)59/h1-34H. The number of benzene rings is 9. The Kier molecular flexibility index (Phi) is 8.00. The third-order valence-corrected chi connectivity index (χ3v) is 12.8. The zero-order valence-electron chi connectivity index (χ0n) is 32.3. The number of para-hydroxylation sites is 1. The monoisotopic (exact) mass is 782 g/mol. The largest absolute Gasteiger partial charge is 0.309 e. The fourth-order valence-electron chi connectivity index (χ4n) is 8.81. The van der Waals surface area contributed by atoms with Crippen molar-refractivity contribution >= 4 is 64.1 Å². The Hall–Kier alpha value is -7.73. The Morgan fingerprint density at radius 3 is 1.70 bits per heavy atom. The fourth-order valence-corrected chi connectivity index (χ4v) is 9.94. The molecule has 3 heterocycles. The second-order valence-electron chi connectivity index (χ2n) is 15.2. The van der Waals surface area contributed by atoms with Gasteiger partial charge in [-0.1, -0.05) is 158 Å². The lowest BCUT2D eigenvalue weighted by atomic mass is 9.94. The number of hydrogen-bond donors (Lipinski definition) is 0. The van der Waals surface area contributed by atoms with E-state index in [1.807, 2.05) is 35.6 Å². The molecule has 12 aromatic rings. The molecule has 0 spiro atoms. The van der Waals surface area contributed by atoms with E-state index in [9.17, 15) is 0 Å². The van der Waals surface area contributed by atoms with Crippen LogP contribution in [0.15, 0.2) is 206 Å². The predicted molar refractivity (Wildman–Crippen MR) is 252 cm³/mol. The highest BCUT2D eigenvalue weighted by molar-refractivity contribution is 7.25. The summed E-state index contributed by atoms with van der Waals surface area (Å²) in [6.45, 7) is 0. The molecule has 0 aliphatic rings. The van der Waals surface area contributed by atoms with Gasteiger partial charge in [0.2, 0.25) is 0 Å². The molecule has 0 unspecified atom stereocenters. The van der Waals surface area contributed by atoms with E-state index >= 15 is 0 Å². The minimum absolute atomic E-state index is 0.622. The number of nitrogens with zero attached hydrogens (tertiary/aromatic N) is 4. The van der Waals surface area contributed by atoms with E-state index in [1.54, 1.807) is 0 Å². The lowest BCUT2D eigenvalue weighted by Gasteiger charge is -2.16. The number of fused-ring (bicyclic) bond motifs is 7. The molecule has 0 saturated carbocycles. The SMILES string of the molecule is c1ccc(-c2ccc(-c3nc(-c4ccccc4)nc(-c4ccc(-n5c6ccccc6c6cc7ccccc7cc65)cc4-c4cccc5sc6ccccc6c45)n3)cc2)cc1. The van der Waals surface area contributed by atoms with Gasteiger partial charge in [-0.2, -0.15) is 0 Å². The highest BCUT2D eigenvalue weighted by atomic mass is 32.1. The molecular formula is C55H34N4S. The van der Waals surface area contributed by atoms with Gasteiger partial charge in [0.15, 0.2) is 17.5 Å². The van der Waals surface area contributed by atoms with E-state index in [-0.39, 0.29) is 0 Å². The lowest BCUT2D eigenvalue weighted by molar-refractivity contribution is 1.07. The Bertz CT molecular complexity index is 3590. The molecule has 3 aromatic heterocycles. The van der Waals surface area contributed by atoms with Gasteiger partial charge in [0.1, 0.15) is 0 Å². The van der Waals surface area contributed by atoms with Crippen LogP contribution in [0.3, 0.4) is 0 Å². The highest BCUT2D eigenvalue weighted by Gasteiger charge is 2.21. The summed E-state index contributed by atoms with van der Waals surface area (Å²) in [6, 6.07) is 73.4. The van der Waals surface area contributed by atoms with Crippen LogP contribution in [0.5, 0.6) is 0 Å². The Balaban J connectivity index is 1.13. The van der Waals surface area contributed by atoms with Crippen molar-refractivity contribution in [3.8, 4) is 62.1 Å². The number of hydrogen-bond acceptors (Lipinski definition) is 4. The summed E-state index contributed by atoms with van der Waals surface area (Å²) in [5.41, 5.74) is 10.7. The van der Waals surface area contributed by atoms with Crippen LogP contribution >= 0.6 is 11.3 Å². The molecular weight excluding hydrogens is 749 g/mol.